The highest BCUT2D eigenvalue weighted by Crippen LogP contribution is 2.53. The number of nitrogens with zero attached hydrogens (tertiary/aromatic N) is 6. The fraction of sp³-hybridized carbons (Fsp3) is 0.231. The van der Waals surface area contributed by atoms with E-state index in [1.165, 1.54) is 0 Å². The summed E-state index contributed by atoms with van der Waals surface area (Å²) >= 11 is 0. The summed E-state index contributed by atoms with van der Waals surface area (Å²) in [5, 5.41) is 31.1. The maximum atomic E-state index is 10.2. The van der Waals surface area contributed by atoms with Gasteiger partial charge >= 0.3 is 0 Å². The molecule has 6 nitrogen and oxygen atoms in total. The molecule has 0 amide bonds. The summed E-state index contributed by atoms with van der Waals surface area (Å²) in [6.07, 6.45) is 0. The number of nitriles is 3. The molecule has 1 aromatic rings. The topological polar surface area (TPSA) is 84.4 Å². The van der Waals surface area contributed by atoms with Gasteiger partial charge in [-0.1, -0.05) is 50.5 Å². The van der Waals surface area contributed by atoms with Gasteiger partial charge < -0.3 is 0 Å². The highest BCUT2D eigenvalue weighted by molar-refractivity contribution is 6.87. The number of benzene rings is 1. The second kappa shape index (κ2) is 8.16. The molecule has 0 fully saturated rings. The summed E-state index contributed by atoms with van der Waals surface area (Å²) < 4.78 is 0. The molecule has 8 heteroatoms. The number of allylic oxidation sites excluding steroid dienone is 7. The molecular formula is C26H20N6Si2. The molecule has 2 aliphatic rings. The van der Waals surface area contributed by atoms with Crippen LogP contribution in [0.3, 0.4) is 0 Å². The number of fused-ring (bicyclic) bond motifs is 2. The largest absolute Gasteiger partial charge is 0.269 e. The molecule has 0 bridgehead atoms. The minimum Gasteiger partial charge on any atom is -0.238 e. The van der Waals surface area contributed by atoms with Gasteiger partial charge in [0.15, 0.2) is 5.70 Å². The lowest BCUT2D eigenvalue weighted by Crippen LogP contribution is -2.25. The zero-order chi connectivity index (χ0) is 25.6. The molecule has 0 unspecified atom stereocenters. The average Bonchev–Trinajstić information content (AvgIpc) is 3.27. The van der Waals surface area contributed by atoms with Gasteiger partial charge in [-0.15, -0.1) is 0 Å². The Labute approximate surface area is 202 Å². The van der Waals surface area contributed by atoms with Gasteiger partial charge in [0.25, 0.3) is 11.4 Å². The molecular weight excluding hydrogens is 453 g/mol. The molecule has 0 N–H and O–H groups in total. The summed E-state index contributed by atoms with van der Waals surface area (Å²) in [4.78, 5) is 10.8. The maximum absolute atomic E-state index is 10.2. The van der Waals surface area contributed by atoms with Crippen molar-refractivity contribution in [3.05, 3.63) is 90.4 Å². The smallest absolute Gasteiger partial charge is 0.238 e. The maximum Gasteiger partial charge on any atom is 0.269 e. The first kappa shape index (κ1) is 24.2. The van der Waals surface area contributed by atoms with Gasteiger partial charge in [0.1, 0.15) is 0 Å². The quantitative estimate of drug-likeness (QED) is 0.273. The van der Waals surface area contributed by atoms with Crippen LogP contribution >= 0.6 is 0 Å². The van der Waals surface area contributed by atoms with Gasteiger partial charge in [-0.3, -0.25) is 0 Å². The standard InChI is InChI=1S/C26H20N6Si2/c1-30-20(13-28)22-16-11-18-17(10-15(16)19(12-27)25(22)33(4,5)6)23(21(14-29)31-2)26(24(18)32-3)34(7,8)9/h10-11H,4-9H3/b22-20+,23-21-. The van der Waals surface area contributed by atoms with E-state index >= 15 is 0 Å². The second-order valence-corrected chi connectivity index (χ2v) is 20.0. The first-order valence-electron chi connectivity index (χ1n) is 10.4. The molecule has 0 radical (unpaired) electrons. The highest BCUT2D eigenvalue weighted by Gasteiger charge is 2.41. The van der Waals surface area contributed by atoms with E-state index in [9.17, 15) is 15.8 Å². The third-order valence-electron chi connectivity index (χ3n) is 5.84. The Morgan fingerprint density at radius 1 is 0.706 bits per heavy atom. The van der Waals surface area contributed by atoms with Crippen LogP contribution in [0.25, 0.3) is 37.0 Å². The van der Waals surface area contributed by atoms with Crippen molar-refractivity contribution in [2.24, 2.45) is 0 Å². The molecule has 0 aliphatic heterocycles. The molecule has 2 aliphatic carbocycles. The summed E-state index contributed by atoms with van der Waals surface area (Å²) in [5.74, 6) is 0. The van der Waals surface area contributed by atoms with Crippen molar-refractivity contribution in [1.82, 2.24) is 0 Å². The lowest BCUT2D eigenvalue weighted by molar-refractivity contribution is 1.47. The van der Waals surface area contributed by atoms with Crippen molar-refractivity contribution < 1.29 is 0 Å². The van der Waals surface area contributed by atoms with Crippen LogP contribution in [-0.2, 0) is 0 Å². The predicted octanol–water partition coefficient (Wildman–Crippen LogP) is 6.68. The molecule has 162 valence electrons. The Morgan fingerprint density at radius 3 is 1.53 bits per heavy atom. The van der Waals surface area contributed by atoms with Gasteiger partial charge in [0, 0.05) is 0 Å². The lowest BCUT2D eigenvalue weighted by atomic mass is 9.94. The van der Waals surface area contributed by atoms with Crippen molar-refractivity contribution >= 4 is 38.6 Å². The van der Waals surface area contributed by atoms with E-state index in [2.05, 4.69) is 59.9 Å². The van der Waals surface area contributed by atoms with Gasteiger partial charge in [-0.2, -0.15) is 5.26 Å². The summed E-state index contributed by atoms with van der Waals surface area (Å²) in [6, 6.07) is 9.87. The monoisotopic (exact) mass is 472 g/mol. The first-order valence-corrected chi connectivity index (χ1v) is 17.4. The molecule has 34 heavy (non-hydrogen) atoms. The van der Waals surface area contributed by atoms with Crippen LogP contribution in [-0.4, -0.2) is 16.1 Å². The Balaban J connectivity index is 2.63. The third-order valence-corrected chi connectivity index (χ3v) is 9.83. The Kier molecular flexibility index (Phi) is 5.81. The second-order valence-electron chi connectivity index (χ2n) is 10.0. The summed E-state index contributed by atoms with van der Waals surface area (Å²) in [6.45, 7) is 35.5. The van der Waals surface area contributed by atoms with Crippen molar-refractivity contribution in [3.63, 3.8) is 0 Å². The van der Waals surface area contributed by atoms with Gasteiger partial charge in [-0.05, 0) is 44.7 Å². The molecule has 0 atom stereocenters. The lowest BCUT2D eigenvalue weighted by Gasteiger charge is -2.22. The summed E-state index contributed by atoms with van der Waals surface area (Å²) in [5.41, 5.74) is 4.02. The molecule has 1 aromatic carbocycles. The minimum atomic E-state index is -2.19. The fourth-order valence-corrected chi connectivity index (χ4v) is 8.52. The Hall–Kier alpha value is -4.45. The van der Waals surface area contributed by atoms with Crippen LogP contribution in [0.1, 0.15) is 22.3 Å². The van der Waals surface area contributed by atoms with E-state index < -0.39 is 16.1 Å². The predicted molar refractivity (Wildman–Crippen MR) is 137 cm³/mol. The molecule has 0 saturated carbocycles. The van der Waals surface area contributed by atoms with E-state index in [4.69, 9.17) is 19.7 Å². The fourth-order valence-electron chi connectivity index (χ4n) is 4.68. The van der Waals surface area contributed by atoms with E-state index in [1.807, 2.05) is 12.1 Å². The van der Waals surface area contributed by atoms with E-state index in [0.717, 1.165) is 10.4 Å². The zero-order valence-corrected chi connectivity index (χ0v) is 21.8. The Bertz CT molecular complexity index is 1410. The van der Waals surface area contributed by atoms with Gasteiger partial charge in [0.05, 0.1) is 59.6 Å². The molecule has 0 aromatic heterocycles. The molecule has 3 rings (SSSR count). The Morgan fingerprint density at radius 2 is 1.15 bits per heavy atom. The third kappa shape index (κ3) is 3.40. The van der Waals surface area contributed by atoms with E-state index in [1.54, 1.807) is 12.1 Å². The SMILES string of the molecule is [C-]#[N+]C1=C([Si](C)(C)C)/C(=C(/C#N)[N+]#[C-])c2cc3c(cc21)/C(=C(/C#N)[N+]#[C-])C([Si](C)(C)C)=C3C#N. The van der Waals surface area contributed by atoms with Crippen LogP contribution in [0.2, 0.25) is 39.3 Å². The van der Waals surface area contributed by atoms with E-state index in [-0.39, 0.29) is 11.4 Å². The normalized spacial score (nSPS) is 17.4. The van der Waals surface area contributed by atoms with Crippen molar-refractivity contribution in [2.75, 3.05) is 0 Å². The first-order chi connectivity index (χ1) is 15.9. The van der Waals surface area contributed by atoms with E-state index in [0.29, 0.717) is 44.7 Å². The van der Waals surface area contributed by atoms with Crippen LogP contribution in [0.4, 0.5) is 0 Å². The van der Waals surface area contributed by atoms with Crippen LogP contribution in [0, 0.1) is 53.7 Å². The number of rotatable bonds is 2. The van der Waals surface area contributed by atoms with Gasteiger partial charge in [-0.25, -0.2) is 25.1 Å². The average molecular weight is 473 g/mol. The van der Waals surface area contributed by atoms with Crippen LogP contribution in [0.15, 0.2) is 33.9 Å². The highest BCUT2D eigenvalue weighted by atomic mass is 28.3. The number of hydrogen-bond donors (Lipinski definition) is 0. The van der Waals surface area contributed by atoms with Crippen LogP contribution < -0.4 is 0 Å². The summed E-state index contributed by atoms with van der Waals surface area (Å²) in [7, 11) is -4.37. The van der Waals surface area contributed by atoms with Gasteiger partial charge in [0.2, 0.25) is 0 Å². The van der Waals surface area contributed by atoms with Crippen LogP contribution in [0.5, 0.6) is 0 Å². The van der Waals surface area contributed by atoms with Crippen molar-refractivity contribution in [2.45, 2.75) is 39.3 Å². The van der Waals surface area contributed by atoms with Crippen molar-refractivity contribution in [3.8, 4) is 18.2 Å². The number of hydrogen-bond acceptors (Lipinski definition) is 3. The molecule has 0 heterocycles. The molecule has 0 spiro atoms. The molecule has 0 saturated heterocycles. The van der Waals surface area contributed by atoms with Crippen molar-refractivity contribution in [1.29, 1.82) is 15.8 Å². The zero-order valence-electron chi connectivity index (χ0n) is 19.8. The minimum absolute atomic E-state index is 0.0715.